The van der Waals surface area contributed by atoms with Crippen molar-refractivity contribution in [2.45, 2.75) is 24.7 Å². The molecule has 0 heterocycles. The number of rotatable bonds is 4. The molecule has 0 saturated heterocycles. The van der Waals surface area contributed by atoms with Crippen molar-refractivity contribution < 1.29 is 0 Å². The van der Waals surface area contributed by atoms with Gasteiger partial charge in [-0.15, -0.1) is 0 Å². The summed E-state index contributed by atoms with van der Waals surface area (Å²) in [5.74, 6) is 0. The van der Waals surface area contributed by atoms with Gasteiger partial charge in [0.05, 0.1) is 5.41 Å². The quantitative estimate of drug-likeness (QED) is 0.171. The summed E-state index contributed by atoms with van der Waals surface area (Å²) in [6.07, 6.45) is 0. The normalized spacial score (nSPS) is 15.7. The Bertz CT molecular complexity index is 3830. The molecule has 304 valence electrons. The van der Waals surface area contributed by atoms with Crippen LogP contribution in [0.1, 0.15) is 47.2 Å². The average Bonchev–Trinajstić information content (AvgIpc) is 3.77. The molecule has 11 aromatic carbocycles. The molecule has 65 heavy (non-hydrogen) atoms. The van der Waals surface area contributed by atoms with Gasteiger partial charge >= 0.3 is 0 Å². The molecule has 14 rings (SSSR count). The maximum absolute atomic E-state index is 2.55. The summed E-state index contributed by atoms with van der Waals surface area (Å²) in [7, 11) is 0. The molecule has 11 aromatic rings. The van der Waals surface area contributed by atoms with Gasteiger partial charge in [0.25, 0.3) is 0 Å². The van der Waals surface area contributed by atoms with Gasteiger partial charge in [0.2, 0.25) is 0 Å². The largest absolute Gasteiger partial charge is 0.310 e. The maximum Gasteiger partial charge on any atom is 0.0732 e. The molecule has 1 unspecified atom stereocenters. The first kappa shape index (κ1) is 36.5. The highest BCUT2D eigenvalue weighted by molar-refractivity contribution is 6.12. The molecule has 0 bridgehead atoms. The molecule has 0 aromatic heterocycles. The first-order chi connectivity index (χ1) is 32.0. The smallest absolute Gasteiger partial charge is 0.0732 e. The number of nitrogens with zero attached hydrogens (tertiary/aromatic N) is 1. The minimum Gasteiger partial charge on any atom is -0.310 e. The second-order valence-corrected chi connectivity index (χ2v) is 18.8. The minimum atomic E-state index is -0.630. The fourth-order valence-electron chi connectivity index (χ4n) is 12.4. The van der Waals surface area contributed by atoms with Crippen LogP contribution < -0.4 is 4.90 Å². The van der Waals surface area contributed by atoms with E-state index in [1.54, 1.807) is 0 Å². The van der Waals surface area contributed by atoms with Crippen LogP contribution in [0.5, 0.6) is 0 Å². The molecule has 3 aliphatic rings. The van der Waals surface area contributed by atoms with Crippen LogP contribution in [0, 0.1) is 0 Å². The molecule has 1 heteroatoms. The zero-order chi connectivity index (χ0) is 43.0. The van der Waals surface area contributed by atoms with Crippen LogP contribution in [0.2, 0.25) is 0 Å². The van der Waals surface area contributed by atoms with Crippen LogP contribution in [-0.4, -0.2) is 0 Å². The van der Waals surface area contributed by atoms with Gasteiger partial charge < -0.3 is 4.90 Å². The molecule has 0 fully saturated rings. The minimum absolute atomic E-state index is 0.142. The highest BCUT2D eigenvalue weighted by Gasteiger charge is 2.51. The Morgan fingerprint density at radius 2 is 0.754 bits per heavy atom. The van der Waals surface area contributed by atoms with Crippen molar-refractivity contribution in [3.8, 4) is 44.5 Å². The van der Waals surface area contributed by atoms with Crippen molar-refractivity contribution in [1.82, 2.24) is 0 Å². The third-order valence-corrected chi connectivity index (χ3v) is 15.2. The SMILES string of the molecule is CC1(C)c2ccccc2-c2ccc(N(c3ccc4c(c3)C3(c5ccccc5-4)c4ccccc4-c4cccc5ccc(-c6cccc7ccccc67)c3c45)c3ccc4ccccc4c3)cc21. The Labute approximate surface area is 379 Å². The van der Waals surface area contributed by atoms with Crippen LogP contribution in [0.25, 0.3) is 76.8 Å². The summed E-state index contributed by atoms with van der Waals surface area (Å²) in [5.41, 5.74) is 21.1. The van der Waals surface area contributed by atoms with Crippen LogP contribution in [0.15, 0.2) is 224 Å². The Morgan fingerprint density at radius 1 is 0.292 bits per heavy atom. The standard InChI is InChI=1S/C64H43N/c1-63(2)56-26-10-7-21-49(56)52-35-32-45(38-59(52)63)65(44-31-29-40-15-3-4-17-43(40)37-44)46-33-36-53-50-22-8-11-27-57(50)64(60(53)39-46)58-28-12-9-23-51(58)54-25-14-19-42-30-34-55(62(64)61(42)54)48-24-13-18-41-16-5-6-20-47(41)48/h3-39H,1-2H3. The third kappa shape index (κ3) is 4.88. The molecule has 0 aliphatic heterocycles. The van der Waals surface area contributed by atoms with E-state index < -0.39 is 5.41 Å². The molecule has 0 N–H and O–H groups in total. The lowest BCUT2D eigenvalue weighted by atomic mass is 9.60. The van der Waals surface area contributed by atoms with E-state index in [2.05, 4.69) is 243 Å². The second-order valence-electron chi connectivity index (χ2n) is 18.8. The van der Waals surface area contributed by atoms with E-state index in [0.29, 0.717) is 0 Å². The molecule has 1 spiro atoms. The summed E-state index contributed by atoms with van der Waals surface area (Å²) in [6, 6.07) is 84.9. The topological polar surface area (TPSA) is 3.24 Å². The van der Waals surface area contributed by atoms with Crippen LogP contribution in [-0.2, 0) is 10.8 Å². The predicted molar refractivity (Wildman–Crippen MR) is 273 cm³/mol. The summed E-state index contributed by atoms with van der Waals surface area (Å²) < 4.78 is 0. The van der Waals surface area contributed by atoms with E-state index in [1.165, 1.54) is 110 Å². The van der Waals surface area contributed by atoms with Gasteiger partial charge in [0, 0.05) is 22.5 Å². The van der Waals surface area contributed by atoms with Gasteiger partial charge in [-0.05, 0) is 147 Å². The molecule has 0 amide bonds. The van der Waals surface area contributed by atoms with Crippen LogP contribution in [0.4, 0.5) is 17.1 Å². The lowest BCUT2D eigenvalue weighted by molar-refractivity contribution is 0.660. The first-order valence-electron chi connectivity index (χ1n) is 22.9. The van der Waals surface area contributed by atoms with Gasteiger partial charge in [-0.3, -0.25) is 0 Å². The van der Waals surface area contributed by atoms with E-state index in [-0.39, 0.29) is 5.41 Å². The maximum atomic E-state index is 2.55. The zero-order valence-electron chi connectivity index (χ0n) is 36.3. The van der Waals surface area contributed by atoms with Crippen LogP contribution in [0.3, 0.4) is 0 Å². The zero-order valence-corrected chi connectivity index (χ0v) is 36.3. The highest BCUT2D eigenvalue weighted by atomic mass is 15.1. The van der Waals surface area contributed by atoms with Crippen molar-refractivity contribution in [3.05, 3.63) is 258 Å². The molecular formula is C64H43N. The molecule has 3 aliphatic carbocycles. The van der Waals surface area contributed by atoms with E-state index in [9.17, 15) is 0 Å². The van der Waals surface area contributed by atoms with Crippen molar-refractivity contribution >= 4 is 49.4 Å². The Morgan fingerprint density at radius 3 is 1.51 bits per heavy atom. The van der Waals surface area contributed by atoms with Gasteiger partial charge in [-0.25, -0.2) is 0 Å². The van der Waals surface area contributed by atoms with Crippen LogP contribution >= 0.6 is 0 Å². The van der Waals surface area contributed by atoms with Crippen molar-refractivity contribution in [3.63, 3.8) is 0 Å². The van der Waals surface area contributed by atoms with E-state index in [1.807, 2.05) is 0 Å². The summed E-state index contributed by atoms with van der Waals surface area (Å²) in [4.78, 5) is 2.51. The third-order valence-electron chi connectivity index (χ3n) is 15.2. The lowest BCUT2D eigenvalue weighted by Gasteiger charge is -2.42. The Balaban J connectivity index is 1.09. The Hall–Kier alpha value is -8.00. The van der Waals surface area contributed by atoms with Gasteiger partial charge in [-0.1, -0.05) is 202 Å². The molecule has 1 atom stereocenters. The number of benzene rings is 11. The number of hydrogen-bond acceptors (Lipinski definition) is 1. The highest BCUT2D eigenvalue weighted by Crippen LogP contribution is 2.64. The lowest BCUT2D eigenvalue weighted by Crippen LogP contribution is -2.32. The second kappa shape index (κ2) is 13.3. The summed E-state index contributed by atoms with van der Waals surface area (Å²) >= 11 is 0. The molecule has 0 radical (unpaired) electrons. The van der Waals surface area contributed by atoms with Crippen molar-refractivity contribution in [1.29, 1.82) is 0 Å². The fourth-order valence-corrected chi connectivity index (χ4v) is 12.4. The summed E-state index contributed by atoms with van der Waals surface area (Å²) in [5, 5.41) is 7.56. The number of anilines is 3. The van der Waals surface area contributed by atoms with E-state index >= 15 is 0 Å². The van der Waals surface area contributed by atoms with Gasteiger partial charge in [0.15, 0.2) is 0 Å². The van der Waals surface area contributed by atoms with Gasteiger partial charge in [0.1, 0.15) is 0 Å². The average molecular weight is 826 g/mol. The molecule has 0 saturated carbocycles. The number of fused-ring (bicyclic) bond motifs is 14. The van der Waals surface area contributed by atoms with Crippen molar-refractivity contribution in [2.24, 2.45) is 0 Å². The van der Waals surface area contributed by atoms with Crippen molar-refractivity contribution in [2.75, 3.05) is 4.90 Å². The first-order valence-corrected chi connectivity index (χ1v) is 22.9. The Kier molecular flexibility index (Phi) is 7.45. The molecule has 1 nitrogen and oxygen atoms in total. The number of hydrogen-bond donors (Lipinski definition) is 0. The fraction of sp³-hybridized carbons (Fsp3) is 0.0625. The van der Waals surface area contributed by atoms with E-state index in [0.717, 1.165) is 17.1 Å². The summed E-state index contributed by atoms with van der Waals surface area (Å²) in [6.45, 7) is 4.76. The predicted octanol–water partition coefficient (Wildman–Crippen LogP) is 16.9. The molecular weight excluding hydrogens is 783 g/mol. The van der Waals surface area contributed by atoms with E-state index in [4.69, 9.17) is 0 Å². The monoisotopic (exact) mass is 825 g/mol. The van der Waals surface area contributed by atoms with Gasteiger partial charge in [-0.2, -0.15) is 0 Å².